The van der Waals surface area contributed by atoms with E-state index in [1.807, 2.05) is 24.3 Å². The first kappa shape index (κ1) is 20.5. The summed E-state index contributed by atoms with van der Waals surface area (Å²) in [6, 6.07) is 22.5. The Morgan fingerprint density at radius 2 is 1.48 bits per heavy atom. The number of aromatic hydroxyl groups is 1. The molecule has 0 saturated carbocycles. The first-order valence-corrected chi connectivity index (χ1v) is 10.1. The second-order valence-corrected chi connectivity index (χ2v) is 7.59. The number of hydrogen-bond acceptors (Lipinski definition) is 4. The Balaban J connectivity index is 1.40. The molecule has 0 aliphatic heterocycles. The zero-order valence-electron chi connectivity index (χ0n) is 16.8. The van der Waals surface area contributed by atoms with Gasteiger partial charge in [0, 0.05) is 18.4 Å². The highest BCUT2D eigenvalue weighted by Gasteiger charge is 2.29. The monoisotopic (exact) mass is 417 g/mol. The van der Waals surface area contributed by atoms with Gasteiger partial charge in [0.1, 0.15) is 12.4 Å². The van der Waals surface area contributed by atoms with Crippen molar-refractivity contribution in [3.05, 3.63) is 89.5 Å². The van der Waals surface area contributed by atoms with Gasteiger partial charge in [-0.05, 0) is 39.9 Å². The number of phenolic OH excluding ortho intramolecular Hbond substituents is 1. The summed E-state index contributed by atoms with van der Waals surface area (Å²) in [5.74, 6) is -1.33. The number of amides is 1. The molecule has 6 nitrogen and oxygen atoms in total. The predicted octanol–water partition coefficient (Wildman–Crippen LogP) is 4.49. The number of ether oxygens (including phenoxy) is 1. The van der Waals surface area contributed by atoms with Crippen LogP contribution in [0.25, 0.3) is 11.1 Å². The lowest BCUT2D eigenvalue weighted by Gasteiger charge is -2.18. The van der Waals surface area contributed by atoms with Crippen molar-refractivity contribution in [3.8, 4) is 16.9 Å². The van der Waals surface area contributed by atoms with Crippen LogP contribution in [-0.2, 0) is 9.53 Å². The van der Waals surface area contributed by atoms with Gasteiger partial charge in [0.25, 0.3) is 0 Å². The molecule has 1 amide bonds. The fourth-order valence-electron chi connectivity index (χ4n) is 4.12. The van der Waals surface area contributed by atoms with Gasteiger partial charge in [-0.15, -0.1) is 0 Å². The summed E-state index contributed by atoms with van der Waals surface area (Å²) in [6.45, 7) is 0.316. The molecule has 0 spiro atoms. The van der Waals surface area contributed by atoms with E-state index in [9.17, 15) is 19.8 Å². The molecule has 0 fully saturated rings. The van der Waals surface area contributed by atoms with E-state index in [4.69, 9.17) is 4.74 Å². The third-order valence-electron chi connectivity index (χ3n) is 5.62. The van der Waals surface area contributed by atoms with Gasteiger partial charge in [0.15, 0.2) is 0 Å². The lowest BCUT2D eigenvalue weighted by Crippen LogP contribution is -2.31. The van der Waals surface area contributed by atoms with E-state index in [2.05, 4.69) is 29.6 Å². The van der Waals surface area contributed by atoms with E-state index in [1.165, 1.54) is 12.1 Å². The Hall–Kier alpha value is -3.80. The average Bonchev–Trinajstić information content (AvgIpc) is 3.09. The number of benzene rings is 3. The number of fused-ring (bicyclic) bond motifs is 3. The summed E-state index contributed by atoms with van der Waals surface area (Å²) in [6.07, 6.45) is -0.731. The number of carbonyl (C=O) groups is 2. The Kier molecular flexibility index (Phi) is 5.89. The van der Waals surface area contributed by atoms with Crippen molar-refractivity contribution < 1.29 is 24.5 Å². The number of rotatable bonds is 7. The lowest BCUT2D eigenvalue weighted by molar-refractivity contribution is -0.137. The van der Waals surface area contributed by atoms with Crippen molar-refractivity contribution >= 4 is 12.1 Å². The number of hydrogen-bond donors (Lipinski definition) is 3. The Bertz CT molecular complexity index is 1050. The zero-order chi connectivity index (χ0) is 21.8. The molecule has 3 N–H and O–H groups in total. The van der Waals surface area contributed by atoms with Gasteiger partial charge in [-0.25, -0.2) is 4.79 Å². The van der Waals surface area contributed by atoms with Crippen LogP contribution in [0.2, 0.25) is 0 Å². The molecule has 6 heteroatoms. The second kappa shape index (κ2) is 8.92. The van der Waals surface area contributed by atoms with E-state index in [0.717, 1.165) is 27.8 Å². The summed E-state index contributed by atoms with van der Waals surface area (Å²) in [4.78, 5) is 23.6. The number of carbonyl (C=O) groups excluding carboxylic acids is 1. The summed E-state index contributed by atoms with van der Waals surface area (Å²) in [7, 11) is 0. The molecule has 0 saturated heterocycles. The van der Waals surface area contributed by atoms with Crippen LogP contribution in [0.15, 0.2) is 72.8 Å². The van der Waals surface area contributed by atoms with Crippen LogP contribution in [0.1, 0.15) is 34.9 Å². The van der Waals surface area contributed by atoms with Gasteiger partial charge in [-0.3, -0.25) is 4.79 Å². The van der Waals surface area contributed by atoms with E-state index in [-0.39, 0.29) is 31.2 Å². The fourth-order valence-corrected chi connectivity index (χ4v) is 4.12. The number of carboxylic acid groups (broad SMARTS) is 1. The van der Waals surface area contributed by atoms with Crippen LogP contribution in [0.3, 0.4) is 0 Å². The first-order valence-electron chi connectivity index (χ1n) is 10.1. The SMILES string of the molecule is O=C(O)CC(CNC(=O)OCC1c2ccccc2-c2ccccc21)c1ccc(O)cc1. The minimum atomic E-state index is -0.965. The largest absolute Gasteiger partial charge is 0.508 e. The maximum absolute atomic E-state index is 12.4. The summed E-state index contributed by atoms with van der Waals surface area (Å²) >= 11 is 0. The maximum atomic E-state index is 12.4. The Labute approximate surface area is 180 Å². The van der Waals surface area contributed by atoms with Crippen molar-refractivity contribution in [1.82, 2.24) is 5.32 Å². The minimum Gasteiger partial charge on any atom is -0.508 e. The van der Waals surface area contributed by atoms with E-state index in [1.54, 1.807) is 12.1 Å². The molecule has 1 aliphatic carbocycles. The van der Waals surface area contributed by atoms with Crippen LogP contribution in [0.4, 0.5) is 4.79 Å². The molecule has 0 aromatic heterocycles. The smallest absolute Gasteiger partial charge is 0.407 e. The first-order chi connectivity index (χ1) is 15.0. The number of aliphatic carboxylic acids is 1. The van der Waals surface area contributed by atoms with Crippen LogP contribution in [0, 0.1) is 0 Å². The normalized spacial score (nSPS) is 13.2. The number of nitrogens with one attached hydrogen (secondary N) is 1. The summed E-state index contributed by atoms with van der Waals surface area (Å²) in [5, 5.41) is 21.3. The van der Waals surface area contributed by atoms with E-state index < -0.39 is 18.0 Å². The second-order valence-electron chi connectivity index (χ2n) is 7.59. The lowest BCUT2D eigenvalue weighted by atomic mass is 9.95. The van der Waals surface area contributed by atoms with E-state index in [0.29, 0.717) is 0 Å². The Morgan fingerprint density at radius 3 is 2.06 bits per heavy atom. The van der Waals surface area contributed by atoms with Crippen LogP contribution < -0.4 is 5.32 Å². The zero-order valence-corrected chi connectivity index (χ0v) is 16.8. The van der Waals surface area contributed by atoms with E-state index >= 15 is 0 Å². The minimum absolute atomic E-state index is 0.0370. The topological polar surface area (TPSA) is 95.9 Å². The molecular weight excluding hydrogens is 394 g/mol. The molecular formula is C25H23NO5. The Morgan fingerprint density at radius 1 is 0.903 bits per heavy atom. The molecule has 3 aromatic rings. The molecule has 0 heterocycles. The van der Waals surface area contributed by atoms with Gasteiger partial charge in [-0.1, -0.05) is 60.7 Å². The van der Waals surface area contributed by atoms with Gasteiger partial charge in [0.05, 0.1) is 6.42 Å². The van der Waals surface area contributed by atoms with Crippen molar-refractivity contribution in [3.63, 3.8) is 0 Å². The quantitative estimate of drug-likeness (QED) is 0.526. The third kappa shape index (κ3) is 4.53. The van der Waals surface area contributed by atoms with Crippen molar-refractivity contribution in [2.75, 3.05) is 13.2 Å². The number of phenols is 1. The summed E-state index contributed by atoms with van der Waals surface area (Å²) in [5.41, 5.74) is 5.29. The van der Waals surface area contributed by atoms with Gasteiger partial charge < -0.3 is 20.3 Å². The average molecular weight is 417 g/mol. The predicted molar refractivity (Wildman–Crippen MR) is 116 cm³/mol. The summed E-state index contributed by atoms with van der Waals surface area (Å²) < 4.78 is 5.51. The third-order valence-corrected chi connectivity index (χ3v) is 5.62. The molecule has 31 heavy (non-hydrogen) atoms. The van der Waals surface area contributed by atoms with Crippen molar-refractivity contribution in [1.29, 1.82) is 0 Å². The fraction of sp³-hybridized carbons (Fsp3) is 0.200. The van der Waals surface area contributed by atoms with Gasteiger partial charge in [0.2, 0.25) is 0 Å². The molecule has 0 bridgehead atoms. The molecule has 158 valence electrons. The molecule has 1 aliphatic rings. The molecule has 1 atom stereocenters. The number of carboxylic acids is 1. The molecule has 4 rings (SSSR count). The standard InChI is InChI=1S/C25H23NO5/c27-18-11-9-16(10-12-18)17(13-24(28)29)14-26-25(30)31-15-23-21-7-3-1-5-19(21)20-6-2-4-8-22(20)23/h1-12,17,23,27H,13-15H2,(H,26,30)(H,28,29). The number of alkyl carbamates (subject to hydrolysis) is 1. The van der Waals surface area contributed by atoms with Gasteiger partial charge in [-0.2, -0.15) is 0 Å². The van der Waals surface area contributed by atoms with Gasteiger partial charge >= 0.3 is 12.1 Å². The highest BCUT2D eigenvalue weighted by atomic mass is 16.5. The molecule has 1 unspecified atom stereocenters. The maximum Gasteiger partial charge on any atom is 0.407 e. The van der Waals surface area contributed by atoms with Crippen molar-refractivity contribution in [2.45, 2.75) is 18.3 Å². The van der Waals surface area contributed by atoms with Crippen LogP contribution in [0.5, 0.6) is 5.75 Å². The van der Waals surface area contributed by atoms with Crippen LogP contribution in [-0.4, -0.2) is 35.4 Å². The molecule has 3 aromatic carbocycles. The van der Waals surface area contributed by atoms with Crippen molar-refractivity contribution in [2.24, 2.45) is 0 Å². The van der Waals surface area contributed by atoms with Crippen LogP contribution >= 0.6 is 0 Å². The molecule has 0 radical (unpaired) electrons. The highest BCUT2D eigenvalue weighted by Crippen LogP contribution is 2.44. The highest BCUT2D eigenvalue weighted by molar-refractivity contribution is 5.79.